The summed E-state index contributed by atoms with van der Waals surface area (Å²) in [5.41, 5.74) is 0. The highest BCUT2D eigenvalue weighted by Crippen LogP contribution is 2.16. The van der Waals surface area contributed by atoms with E-state index in [1.54, 1.807) is 0 Å². The predicted molar refractivity (Wildman–Crippen MR) is 77.0 cm³/mol. The maximum Gasteiger partial charge on any atom is 0.317 e. The topological polar surface area (TPSA) is 52.6 Å². The summed E-state index contributed by atoms with van der Waals surface area (Å²) >= 11 is 1.91. The maximum atomic E-state index is 12.0. The average Bonchev–Trinajstić information content (AvgIpc) is 2.39. The lowest BCUT2D eigenvalue weighted by Gasteiger charge is -2.32. The second kappa shape index (κ2) is 8.64. The molecule has 2 N–H and O–H groups in total. The molecule has 0 spiro atoms. The Morgan fingerprint density at radius 1 is 1.61 bits per heavy atom. The second-order valence-electron chi connectivity index (χ2n) is 4.97. The number of aliphatic hydroxyl groups excluding tert-OH is 1. The first-order valence-corrected chi connectivity index (χ1v) is 8.06. The summed E-state index contributed by atoms with van der Waals surface area (Å²) in [5, 5.41) is 12.2. The fraction of sp³-hybridized carbons (Fsp3) is 0.923. The minimum atomic E-state index is 0.0298. The van der Waals surface area contributed by atoms with Gasteiger partial charge >= 0.3 is 6.03 Å². The van der Waals surface area contributed by atoms with Crippen LogP contribution in [0.4, 0.5) is 4.79 Å². The summed E-state index contributed by atoms with van der Waals surface area (Å²) in [6, 6.07) is 0.258. The Kier molecular flexibility index (Phi) is 7.51. The lowest BCUT2D eigenvalue weighted by Crippen LogP contribution is -2.48. The van der Waals surface area contributed by atoms with Crippen LogP contribution in [-0.4, -0.2) is 53.3 Å². The minimum absolute atomic E-state index is 0.0298. The second-order valence-corrected chi connectivity index (χ2v) is 6.37. The van der Waals surface area contributed by atoms with Crippen LogP contribution in [0.2, 0.25) is 0 Å². The van der Waals surface area contributed by atoms with Crippen LogP contribution in [0.1, 0.15) is 33.1 Å². The van der Waals surface area contributed by atoms with Gasteiger partial charge in [0, 0.05) is 25.7 Å². The zero-order valence-electron chi connectivity index (χ0n) is 11.5. The number of urea groups is 1. The predicted octanol–water partition coefficient (Wildman–Crippen LogP) is 1.93. The van der Waals surface area contributed by atoms with E-state index < -0.39 is 0 Å². The smallest absolute Gasteiger partial charge is 0.317 e. The molecule has 0 bridgehead atoms. The lowest BCUT2D eigenvalue weighted by molar-refractivity contribution is 0.128. The molecule has 0 aromatic heterocycles. The molecule has 1 rings (SSSR count). The molecule has 0 aromatic carbocycles. The fourth-order valence-corrected chi connectivity index (χ4v) is 2.99. The third-order valence-corrected chi connectivity index (χ3v) is 4.27. The van der Waals surface area contributed by atoms with Crippen molar-refractivity contribution in [3.05, 3.63) is 0 Å². The van der Waals surface area contributed by atoms with Crippen molar-refractivity contribution < 1.29 is 9.90 Å². The van der Waals surface area contributed by atoms with Crippen molar-refractivity contribution in [1.29, 1.82) is 0 Å². The van der Waals surface area contributed by atoms with Gasteiger partial charge in [-0.15, -0.1) is 0 Å². The summed E-state index contributed by atoms with van der Waals surface area (Å²) in [5.74, 6) is 2.48. The van der Waals surface area contributed by atoms with Crippen molar-refractivity contribution in [3.63, 3.8) is 0 Å². The number of amides is 2. The highest BCUT2D eigenvalue weighted by molar-refractivity contribution is 7.99. The lowest BCUT2D eigenvalue weighted by atomic mass is 9.99. The Hall–Kier alpha value is -0.420. The Bertz CT molecular complexity index is 251. The van der Waals surface area contributed by atoms with Gasteiger partial charge in [-0.25, -0.2) is 4.79 Å². The maximum absolute atomic E-state index is 12.0. The van der Waals surface area contributed by atoms with Gasteiger partial charge in [-0.3, -0.25) is 0 Å². The highest BCUT2D eigenvalue weighted by Gasteiger charge is 2.23. The number of likely N-dealkylation sites (tertiary alicyclic amines) is 1. The number of aliphatic hydroxyl groups is 1. The molecule has 1 heterocycles. The molecular formula is C13H26N2O2S. The standard InChI is InChI=1S/C13H26N2O2S/c1-3-18-8-6-11(2)14-13(17)15-7-4-5-12(9-15)10-16/h11-12,16H,3-10H2,1-2H3,(H,14,17). The Labute approximate surface area is 115 Å². The normalized spacial score (nSPS) is 21.7. The Morgan fingerprint density at radius 2 is 2.39 bits per heavy atom. The molecule has 5 heteroatoms. The number of rotatable bonds is 6. The van der Waals surface area contributed by atoms with Gasteiger partial charge in [0.05, 0.1) is 0 Å². The van der Waals surface area contributed by atoms with Crippen molar-refractivity contribution in [2.24, 2.45) is 5.92 Å². The van der Waals surface area contributed by atoms with Gasteiger partial charge < -0.3 is 15.3 Å². The van der Waals surface area contributed by atoms with E-state index in [1.165, 1.54) is 0 Å². The van der Waals surface area contributed by atoms with E-state index in [4.69, 9.17) is 5.11 Å². The fourth-order valence-electron chi connectivity index (χ4n) is 2.18. The molecule has 18 heavy (non-hydrogen) atoms. The number of piperidine rings is 1. The van der Waals surface area contributed by atoms with Gasteiger partial charge in [0.1, 0.15) is 0 Å². The number of carbonyl (C=O) groups excluding carboxylic acids is 1. The summed E-state index contributed by atoms with van der Waals surface area (Å²) in [6.07, 6.45) is 3.04. The van der Waals surface area contributed by atoms with Crippen LogP contribution in [-0.2, 0) is 0 Å². The molecule has 1 saturated heterocycles. The van der Waals surface area contributed by atoms with Crippen LogP contribution in [0.25, 0.3) is 0 Å². The molecule has 1 aliphatic rings. The third-order valence-electron chi connectivity index (χ3n) is 3.33. The van der Waals surface area contributed by atoms with E-state index in [1.807, 2.05) is 16.7 Å². The first kappa shape index (κ1) is 15.6. The van der Waals surface area contributed by atoms with Crippen molar-refractivity contribution in [2.45, 2.75) is 39.2 Å². The molecule has 4 nitrogen and oxygen atoms in total. The van der Waals surface area contributed by atoms with E-state index >= 15 is 0 Å². The van der Waals surface area contributed by atoms with Crippen molar-refractivity contribution >= 4 is 17.8 Å². The van der Waals surface area contributed by atoms with Gasteiger partial charge in [0.15, 0.2) is 0 Å². The molecule has 2 unspecified atom stereocenters. The number of carbonyl (C=O) groups is 1. The average molecular weight is 274 g/mol. The minimum Gasteiger partial charge on any atom is -0.396 e. The molecule has 0 saturated carbocycles. The monoisotopic (exact) mass is 274 g/mol. The van der Waals surface area contributed by atoms with Crippen LogP contribution in [0.15, 0.2) is 0 Å². The largest absolute Gasteiger partial charge is 0.396 e. The molecule has 0 aliphatic carbocycles. The Balaban J connectivity index is 2.26. The number of nitrogens with zero attached hydrogens (tertiary/aromatic N) is 1. The van der Waals surface area contributed by atoms with Crippen molar-refractivity contribution in [3.8, 4) is 0 Å². The third kappa shape index (κ3) is 5.48. The SMILES string of the molecule is CCSCCC(C)NC(=O)N1CCCC(CO)C1. The zero-order chi connectivity index (χ0) is 13.4. The molecule has 1 fully saturated rings. The van der Waals surface area contributed by atoms with Crippen LogP contribution in [0.3, 0.4) is 0 Å². The van der Waals surface area contributed by atoms with E-state index in [9.17, 15) is 4.79 Å². The summed E-state index contributed by atoms with van der Waals surface area (Å²) < 4.78 is 0. The molecule has 0 aromatic rings. The van der Waals surface area contributed by atoms with Gasteiger partial charge in [-0.05, 0) is 43.6 Å². The van der Waals surface area contributed by atoms with E-state index in [-0.39, 0.29) is 24.6 Å². The van der Waals surface area contributed by atoms with E-state index in [2.05, 4.69) is 19.2 Å². The molecule has 2 atom stereocenters. The van der Waals surface area contributed by atoms with Crippen LogP contribution in [0.5, 0.6) is 0 Å². The van der Waals surface area contributed by atoms with Gasteiger partial charge in [-0.1, -0.05) is 6.92 Å². The molecule has 1 aliphatic heterocycles. The van der Waals surface area contributed by atoms with Gasteiger partial charge in [0.2, 0.25) is 0 Å². The van der Waals surface area contributed by atoms with Crippen molar-refractivity contribution in [1.82, 2.24) is 10.2 Å². The molecule has 106 valence electrons. The first-order chi connectivity index (χ1) is 8.67. The quantitative estimate of drug-likeness (QED) is 0.728. The summed E-state index contributed by atoms with van der Waals surface area (Å²) in [6.45, 7) is 5.91. The molecule has 0 radical (unpaired) electrons. The summed E-state index contributed by atoms with van der Waals surface area (Å²) in [7, 11) is 0. The first-order valence-electron chi connectivity index (χ1n) is 6.91. The number of hydrogen-bond acceptors (Lipinski definition) is 3. The van der Waals surface area contributed by atoms with Crippen molar-refractivity contribution in [2.75, 3.05) is 31.2 Å². The number of nitrogens with one attached hydrogen (secondary N) is 1. The Morgan fingerprint density at radius 3 is 3.06 bits per heavy atom. The van der Waals surface area contributed by atoms with Gasteiger partial charge in [-0.2, -0.15) is 11.8 Å². The molecular weight excluding hydrogens is 248 g/mol. The van der Waals surface area contributed by atoms with E-state index in [0.717, 1.165) is 37.3 Å². The van der Waals surface area contributed by atoms with Crippen LogP contribution >= 0.6 is 11.8 Å². The molecule has 2 amide bonds. The van der Waals surface area contributed by atoms with Crippen LogP contribution < -0.4 is 5.32 Å². The number of hydrogen-bond donors (Lipinski definition) is 2. The van der Waals surface area contributed by atoms with Crippen LogP contribution in [0, 0.1) is 5.92 Å². The number of thioether (sulfide) groups is 1. The zero-order valence-corrected chi connectivity index (χ0v) is 12.3. The van der Waals surface area contributed by atoms with E-state index in [0.29, 0.717) is 6.54 Å². The summed E-state index contributed by atoms with van der Waals surface area (Å²) in [4.78, 5) is 13.9. The highest BCUT2D eigenvalue weighted by atomic mass is 32.2. The van der Waals surface area contributed by atoms with Gasteiger partial charge in [0.25, 0.3) is 0 Å².